The zero-order valence-electron chi connectivity index (χ0n) is 17.1. The number of amides is 1. The molecule has 5 N–H and O–H groups in total. The van der Waals surface area contributed by atoms with Crippen LogP contribution in [0.5, 0.6) is 0 Å². The molecule has 0 atom stereocenters. The molecule has 0 fully saturated rings. The van der Waals surface area contributed by atoms with Gasteiger partial charge in [-0.05, 0) is 46.9 Å². The first-order valence-corrected chi connectivity index (χ1v) is 10.6. The van der Waals surface area contributed by atoms with E-state index >= 15 is 4.39 Å². The standard InChI is InChI=1S/C20H21F3IN3O6/c21-14-9-11(24)1-2-16(14)25-19-13(20(31)27-33-8-6-30)10-12(17(22)18(19)23)15(3-4-28)26-32-7-5-29/h1-2,9-10,25,28-30H,3-8H2,(H,27,31). The zero-order chi connectivity index (χ0) is 24.4. The van der Waals surface area contributed by atoms with Crippen molar-refractivity contribution in [2.24, 2.45) is 5.16 Å². The average molecular weight is 583 g/mol. The lowest BCUT2D eigenvalue weighted by molar-refractivity contribution is 0.0168. The Morgan fingerprint density at radius 2 is 1.73 bits per heavy atom. The summed E-state index contributed by atoms with van der Waals surface area (Å²) in [4.78, 5) is 22.2. The third-order valence-electron chi connectivity index (χ3n) is 4.02. The van der Waals surface area contributed by atoms with Crippen molar-refractivity contribution in [1.29, 1.82) is 0 Å². The normalized spacial score (nSPS) is 11.4. The summed E-state index contributed by atoms with van der Waals surface area (Å²) in [7, 11) is 0. The summed E-state index contributed by atoms with van der Waals surface area (Å²) in [5, 5.41) is 32.9. The molecule has 0 unspecified atom stereocenters. The smallest absolute Gasteiger partial charge is 0.277 e. The second-order valence-corrected chi connectivity index (χ2v) is 7.54. The maximum Gasteiger partial charge on any atom is 0.277 e. The van der Waals surface area contributed by atoms with Crippen molar-refractivity contribution in [3.8, 4) is 0 Å². The highest BCUT2D eigenvalue weighted by Crippen LogP contribution is 2.31. The van der Waals surface area contributed by atoms with Crippen molar-refractivity contribution in [2.75, 3.05) is 38.4 Å². The number of hydroxylamine groups is 1. The average Bonchev–Trinajstić information content (AvgIpc) is 2.78. The van der Waals surface area contributed by atoms with Gasteiger partial charge >= 0.3 is 0 Å². The van der Waals surface area contributed by atoms with Gasteiger partial charge in [-0.1, -0.05) is 5.16 Å². The van der Waals surface area contributed by atoms with Crippen LogP contribution in [0.1, 0.15) is 22.3 Å². The van der Waals surface area contributed by atoms with E-state index in [1.165, 1.54) is 12.1 Å². The first-order chi connectivity index (χ1) is 15.8. The fraction of sp³-hybridized carbons (Fsp3) is 0.300. The first-order valence-electron chi connectivity index (χ1n) is 9.52. The molecular weight excluding hydrogens is 562 g/mol. The molecule has 0 radical (unpaired) electrons. The quantitative estimate of drug-likeness (QED) is 0.112. The number of nitrogens with one attached hydrogen (secondary N) is 2. The molecule has 0 aliphatic rings. The topological polar surface area (TPSA) is 133 Å². The van der Waals surface area contributed by atoms with Crippen LogP contribution in [0.25, 0.3) is 0 Å². The molecule has 2 aromatic rings. The summed E-state index contributed by atoms with van der Waals surface area (Å²) < 4.78 is 45.0. The fourth-order valence-corrected chi connectivity index (χ4v) is 3.03. The van der Waals surface area contributed by atoms with Crippen molar-refractivity contribution in [3.63, 3.8) is 0 Å². The highest BCUT2D eigenvalue weighted by Gasteiger charge is 2.26. The lowest BCUT2D eigenvalue weighted by Gasteiger charge is -2.17. The number of hydrogen-bond donors (Lipinski definition) is 5. The lowest BCUT2D eigenvalue weighted by atomic mass is 10.0. The van der Waals surface area contributed by atoms with E-state index in [0.717, 1.165) is 12.1 Å². The van der Waals surface area contributed by atoms with Crippen molar-refractivity contribution >= 4 is 45.6 Å². The highest BCUT2D eigenvalue weighted by molar-refractivity contribution is 14.1. The van der Waals surface area contributed by atoms with E-state index in [0.29, 0.717) is 3.57 Å². The van der Waals surface area contributed by atoms with Crippen molar-refractivity contribution < 1.29 is 43.0 Å². The second-order valence-electron chi connectivity index (χ2n) is 6.30. The molecule has 180 valence electrons. The number of oxime groups is 1. The minimum atomic E-state index is -1.52. The van der Waals surface area contributed by atoms with E-state index in [9.17, 15) is 18.7 Å². The molecule has 2 aromatic carbocycles. The molecule has 2 rings (SSSR count). The largest absolute Gasteiger partial charge is 0.396 e. The van der Waals surface area contributed by atoms with E-state index in [1.54, 1.807) is 0 Å². The van der Waals surface area contributed by atoms with E-state index in [1.807, 2.05) is 28.1 Å². The minimum absolute atomic E-state index is 0.220. The number of nitrogens with zero attached hydrogens (tertiary/aromatic N) is 1. The summed E-state index contributed by atoms with van der Waals surface area (Å²) in [6.45, 7) is -1.84. The number of halogens is 4. The zero-order valence-corrected chi connectivity index (χ0v) is 19.2. The van der Waals surface area contributed by atoms with Crippen molar-refractivity contribution in [3.05, 3.63) is 56.4 Å². The lowest BCUT2D eigenvalue weighted by Crippen LogP contribution is -2.27. The molecule has 0 heterocycles. The van der Waals surface area contributed by atoms with E-state index in [4.69, 9.17) is 19.9 Å². The van der Waals surface area contributed by atoms with Crippen LogP contribution in [0.4, 0.5) is 24.5 Å². The number of rotatable bonds is 12. The van der Waals surface area contributed by atoms with Gasteiger partial charge in [-0.15, -0.1) is 0 Å². The summed E-state index contributed by atoms with van der Waals surface area (Å²) in [5.74, 6) is -4.76. The summed E-state index contributed by atoms with van der Waals surface area (Å²) in [6.07, 6.45) is -0.262. The van der Waals surface area contributed by atoms with Crippen LogP contribution in [0.3, 0.4) is 0 Å². The predicted molar refractivity (Wildman–Crippen MR) is 121 cm³/mol. The molecule has 0 saturated carbocycles. The van der Waals surface area contributed by atoms with Gasteiger partial charge in [0, 0.05) is 22.2 Å². The molecule has 0 spiro atoms. The van der Waals surface area contributed by atoms with Crippen LogP contribution in [0, 0.1) is 21.0 Å². The Morgan fingerprint density at radius 1 is 1.00 bits per heavy atom. The first kappa shape index (κ1) is 26.8. The Morgan fingerprint density at radius 3 is 2.36 bits per heavy atom. The Hall–Kier alpha value is -2.46. The van der Waals surface area contributed by atoms with Crippen molar-refractivity contribution in [2.45, 2.75) is 6.42 Å². The molecular formula is C20H21F3IN3O6. The highest BCUT2D eigenvalue weighted by atomic mass is 127. The number of carbonyl (C=O) groups excluding carboxylic acids is 1. The van der Waals surface area contributed by atoms with Gasteiger partial charge in [-0.2, -0.15) is 0 Å². The van der Waals surface area contributed by atoms with Crippen LogP contribution < -0.4 is 10.8 Å². The van der Waals surface area contributed by atoms with E-state index in [2.05, 4.69) is 10.5 Å². The minimum Gasteiger partial charge on any atom is -0.396 e. The van der Waals surface area contributed by atoms with E-state index in [-0.39, 0.29) is 31.0 Å². The molecule has 0 saturated heterocycles. The Balaban J connectivity index is 2.60. The number of hydrogen-bond acceptors (Lipinski definition) is 8. The third-order valence-corrected chi connectivity index (χ3v) is 4.69. The van der Waals surface area contributed by atoms with Gasteiger partial charge in [-0.3, -0.25) is 9.63 Å². The van der Waals surface area contributed by atoms with Crippen LogP contribution in [-0.4, -0.2) is 60.0 Å². The van der Waals surface area contributed by atoms with Gasteiger partial charge in [0.2, 0.25) is 0 Å². The fourth-order valence-electron chi connectivity index (χ4n) is 2.58. The van der Waals surface area contributed by atoms with Gasteiger partial charge in [0.15, 0.2) is 11.6 Å². The molecule has 1 amide bonds. The van der Waals surface area contributed by atoms with Crippen molar-refractivity contribution in [1.82, 2.24) is 5.48 Å². The number of carbonyl (C=O) groups is 1. The maximum atomic E-state index is 15.1. The number of aliphatic hydroxyl groups excluding tert-OH is 3. The molecule has 0 bridgehead atoms. The van der Waals surface area contributed by atoms with E-state index < -0.39 is 60.0 Å². The molecule has 0 aliphatic carbocycles. The Kier molecular flexibility index (Phi) is 10.8. The Labute approximate surface area is 200 Å². The second kappa shape index (κ2) is 13.3. The van der Waals surface area contributed by atoms with Gasteiger partial charge < -0.3 is 25.5 Å². The predicted octanol–water partition coefficient (Wildman–Crippen LogP) is 2.20. The van der Waals surface area contributed by atoms with Crippen LogP contribution >= 0.6 is 22.6 Å². The molecule has 13 heteroatoms. The number of anilines is 2. The maximum absolute atomic E-state index is 15.1. The molecule has 33 heavy (non-hydrogen) atoms. The summed E-state index contributed by atoms with van der Waals surface area (Å²) >= 11 is 1.87. The van der Waals surface area contributed by atoms with Crippen LogP contribution in [0.15, 0.2) is 29.4 Å². The Bertz CT molecular complexity index is 1010. The number of aliphatic hydroxyl groups is 3. The molecule has 9 nitrogen and oxygen atoms in total. The summed E-state index contributed by atoms with van der Waals surface area (Å²) in [5.41, 5.74) is -0.144. The molecule has 0 aromatic heterocycles. The number of benzene rings is 2. The van der Waals surface area contributed by atoms with Crippen LogP contribution in [0.2, 0.25) is 0 Å². The van der Waals surface area contributed by atoms with Gasteiger partial charge in [-0.25, -0.2) is 18.7 Å². The van der Waals surface area contributed by atoms with Gasteiger partial charge in [0.25, 0.3) is 5.91 Å². The van der Waals surface area contributed by atoms with Gasteiger partial charge in [0.1, 0.15) is 12.4 Å². The SMILES string of the molecule is O=C(NOCCO)c1cc(C(CCO)=NOCCO)c(F)c(F)c1Nc1ccc(I)cc1F. The molecule has 0 aliphatic heterocycles. The summed E-state index contributed by atoms with van der Waals surface area (Å²) in [6, 6.07) is 4.89. The third kappa shape index (κ3) is 7.26. The van der Waals surface area contributed by atoms with Gasteiger partial charge in [0.05, 0.1) is 42.5 Å². The monoisotopic (exact) mass is 583 g/mol. The van der Waals surface area contributed by atoms with Crippen LogP contribution in [-0.2, 0) is 9.68 Å².